The lowest BCUT2D eigenvalue weighted by atomic mass is 9.80. The molecule has 3 aromatic rings. The lowest BCUT2D eigenvalue weighted by Crippen LogP contribution is -2.53. The van der Waals surface area contributed by atoms with E-state index in [4.69, 9.17) is 9.47 Å². The van der Waals surface area contributed by atoms with Crippen LogP contribution in [0.15, 0.2) is 60.7 Å². The first-order chi connectivity index (χ1) is 26.9. The van der Waals surface area contributed by atoms with Gasteiger partial charge in [-0.05, 0) is 146 Å². The lowest BCUT2D eigenvalue weighted by Gasteiger charge is -2.44. The maximum atomic E-state index is 13.3. The Morgan fingerprint density at radius 2 is 1.11 bits per heavy atom. The van der Waals surface area contributed by atoms with Gasteiger partial charge in [-0.1, -0.05) is 67.8 Å². The van der Waals surface area contributed by atoms with E-state index in [-0.39, 0.29) is 30.2 Å². The molecule has 1 aliphatic carbocycles. The van der Waals surface area contributed by atoms with Crippen LogP contribution in [-0.2, 0) is 35.4 Å². The van der Waals surface area contributed by atoms with Gasteiger partial charge in [-0.3, -0.25) is 9.80 Å². The topological polar surface area (TPSA) is 65.6 Å². The number of carbonyl (C=O) groups is 2. The van der Waals surface area contributed by atoms with Gasteiger partial charge in [0.15, 0.2) is 0 Å². The number of hydrogen-bond acceptors (Lipinski definition) is 6. The summed E-state index contributed by atoms with van der Waals surface area (Å²) >= 11 is 0. The number of ether oxygens (including phenoxy) is 2. The number of rotatable bonds is 4. The summed E-state index contributed by atoms with van der Waals surface area (Å²) in [6.07, 6.45) is 13.0. The number of piperidine rings is 6. The molecule has 9 aliphatic rings. The van der Waals surface area contributed by atoms with E-state index in [1.54, 1.807) is 12.1 Å². The van der Waals surface area contributed by atoms with Crippen molar-refractivity contribution in [2.24, 2.45) is 11.8 Å². The Labute approximate surface area is 325 Å². The Balaban J connectivity index is 0.000000144. The molecule has 4 bridgehead atoms. The summed E-state index contributed by atoms with van der Waals surface area (Å²) in [5.74, 6) is 1.54. The van der Waals surface area contributed by atoms with E-state index >= 15 is 0 Å². The Morgan fingerprint density at radius 1 is 0.582 bits per heavy atom. The third-order valence-corrected chi connectivity index (χ3v) is 14.0. The SMILES string of the molecule is O=C(OC1CN2CCC1CC2)N1CCc2cccc(-c3ccc(F)cc3)c2C1.O=C(OC1CN2CCC1CC2)N1CCc2cccc(C3CCCCC3)c2C1. The molecular weight excluding hydrogens is 692 g/mol. The van der Waals surface area contributed by atoms with Gasteiger partial charge in [-0.25, -0.2) is 14.0 Å². The molecule has 9 heteroatoms. The number of hydrogen-bond donors (Lipinski definition) is 0. The first-order valence-electron chi connectivity index (χ1n) is 21.3. The molecule has 0 radical (unpaired) electrons. The molecule has 1 saturated carbocycles. The molecule has 2 atom stereocenters. The second kappa shape index (κ2) is 16.3. The Morgan fingerprint density at radius 3 is 1.65 bits per heavy atom. The second-order valence-corrected chi connectivity index (χ2v) is 17.2. The molecule has 3 aromatic carbocycles. The molecule has 7 fully saturated rings. The highest BCUT2D eigenvalue weighted by Crippen LogP contribution is 2.38. The van der Waals surface area contributed by atoms with E-state index < -0.39 is 0 Å². The Bertz CT molecular complexity index is 1830. The van der Waals surface area contributed by atoms with Gasteiger partial charge in [0, 0.05) is 39.3 Å². The van der Waals surface area contributed by atoms with Gasteiger partial charge in [-0.15, -0.1) is 0 Å². The first-order valence-corrected chi connectivity index (χ1v) is 21.3. The zero-order valence-corrected chi connectivity index (χ0v) is 32.3. The molecule has 0 N–H and O–H groups in total. The van der Waals surface area contributed by atoms with Crippen LogP contribution in [0.1, 0.15) is 91.5 Å². The predicted octanol–water partition coefficient (Wildman–Crippen LogP) is 8.40. The fourth-order valence-corrected chi connectivity index (χ4v) is 10.7. The van der Waals surface area contributed by atoms with Crippen LogP contribution in [0.25, 0.3) is 11.1 Å². The highest BCUT2D eigenvalue weighted by atomic mass is 19.1. The summed E-state index contributed by atoms with van der Waals surface area (Å²) in [5.41, 5.74) is 8.82. The number of halogens is 1. The lowest BCUT2D eigenvalue weighted by molar-refractivity contribution is -0.0448. The van der Waals surface area contributed by atoms with E-state index in [1.165, 1.54) is 92.4 Å². The van der Waals surface area contributed by atoms with Crippen molar-refractivity contribution in [2.45, 2.75) is 102 Å². The summed E-state index contributed by atoms with van der Waals surface area (Å²) in [7, 11) is 0. The zero-order chi connectivity index (χ0) is 37.3. The van der Waals surface area contributed by atoms with Gasteiger partial charge in [0.05, 0.1) is 0 Å². The van der Waals surface area contributed by atoms with E-state index in [2.05, 4.69) is 34.1 Å². The largest absolute Gasteiger partial charge is 0.444 e. The predicted molar refractivity (Wildman–Crippen MR) is 211 cm³/mol. The van der Waals surface area contributed by atoms with Crippen LogP contribution in [-0.4, -0.2) is 96.4 Å². The van der Waals surface area contributed by atoms with E-state index in [9.17, 15) is 14.0 Å². The first kappa shape index (κ1) is 36.7. The van der Waals surface area contributed by atoms with Gasteiger partial charge in [0.2, 0.25) is 0 Å². The molecule has 8 heterocycles. The summed E-state index contributed by atoms with van der Waals surface area (Å²) in [5, 5.41) is 0. The molecular formula is C46H57FN4O4. The molecule has 2 unspecified atom stereocenters. The number of carbonyl (C=O) groups excluding carboxylic acids is 2. The van der Waals surface area contributed by atoms with Crippen molar-refractivity contribution < 1.29 is 23.5 Å². The fourth-order valence-electron chi connectivity index (χ4n) is 10.7. The highest BCUT2D eigenvalue weighted by molar-refractivity contribution is 5.73. The minimum absolute atomic E-state index is 0.0312. The average molecular weight is 749 g/mol. The van der Waals surface area contributed by atoms with Gasteiger partial charge in [0.1, 0.15) is 18.0 Å². The van der Waals surface area contributed by atoms with Crippen molar-refractivity contribution in [2.75, 3.05) is 52.4 Å². The quantitative estimate of drug-likeness (QED) is 0.267. The maximum Gasteiger partial charge on any atom is 0.410 e. The van der Waals surface area contributed by atoms with Crippen LogP contribution in [0.5, 0.6) is 0 Å². The van der Waals surface area contributed by atoms with Crippen molar-refractivity contribution in [3.8, 4) is 11.1 Å². The summed E-state index contributed by atoms with van der Waals surface area (Å²) in [6.45, 7) is 9.20. The minimum atomic E-state index is -0.240. The molecule has 8 nitrogen and oxygen atoms in total. The molecule has 0 aromatic heterocycles. The Hall–Kier alpha value is -3.95. The van der Waals surface area contributed by atoms with E-state index in [0.29, 0.717) is 30.8 Å². The molecule has 55 heavy (non-hydrogen) atoms. The van der Waals surface area contributed by atoms with Crippen LogP contribution in [0, 0.1) is 17.7 Å². The molecule has 8 aliphatic heterocycles. The summed E-state index contributed by atoms with van der Waals surface area (Å²) in [6, 6.07) is 19.6. The highest BCUT2D eigenvalue weighted by Gasteiger charge is 2.39. The number of amides is 2. The third kappa shape index (κ3) is 8.02. The van der Waals surface area contributed by atoms with E-state index in [1.807, 2.05) is 21.9 Å². The molecule has 12 rings (SSSR count). The number of fused-ring (bicyclic) bond motifs is 8. The summed E-state index contributed by atoms with van der Waals surface area (Å²) < 4.78 is 25.3. The second-order valence-electron chi connectivity index (χ2n) is 17.2. The maximum absolute atomic E-state index is 13.3. The van der Waals surface area contributed by atoms with Crippen LogP contribution in [0.3, 0.4) is 0 Å². The van der Waals surface area contributed by atoms with E-state index in [0.717, 1.165) is 81.6 Å². The average Bonchev–Trinajstić information content (AvgIpc) is 3.24. The Kier molecular flexibility index (Phi) is 10.8. The number of benzene rings is 3. The summed E-state index contributed by atoms with van der Waals surface area (Å²) in [4.78, 5) is 34.4. The molecule has 0 spiro atoms. The third-order valence-electron chi connectivity index (χ3n) is 14.0. The molecule has 292 valence electrons. The number of nitrogens with zero attached hydrogens (tertiary/aromatic N) is 4. The monoisotopic (exact) mass is 748 g/mol. The van der Waals surface area contributed by atoms with Crippen LogP contribution in [0.4, 0.5) is 14.0 Å². The normalized spacial score (nSPS) is 28.4. The van der Waals surface area contributed by atoms with Crippen LogP contribution >= 0.6 is 0 Å². The fraction of sp³-hybridized carbons (Fsp3) is 0.565. The van der Waals surface area contributed by atoms with Crippen LogP contribution < -0.4 is 0 Å². The van der Waals surface area contributed by atoms with Gasteiger partial charge >= 0.3 is 12.2 Å². The van der Waals surface area contributed by atoms with Crippen molar-refractivity contribution in [1.82, 2.24) is 19.6 Å². The van der Waals surface area contributed by atoms with Gasteiger partial charge < -0.3 is 19.3 Å². The molecule has 2 amide bonds. The zero-order valence-electron chi connectivity index (χ0n) is 32.3. The van der Waals surface area contributed by atoms with Gasteiger partial charge in [-0.2, -0.15) is 0 Å². The van der Waals surface area contributed by atoms with Crippen molar-refractivity contribution in [1.29, 1.82) is 0 Å². The smallest absolute Gasteiger partial charge is 0.410 e. The van der Waals surface area contributed by atoms with Crippen LogP contribution in [0.2, 0.25) is 0 Å². The van der Waals surface area contributed by atoms with Crippen molar-refractivity contribution in [3.63, 3.8) is 0 Å². The molecule has 6 saturated heterocycles. The van der Waals surface area contributed by atoms with Crippen molar-refractivity contribution in [3.05, 3.63) is 94.3 Å². The minimum Gasteiger partial charge on any atom is -0.444 e. The standard InChI is InChI=1S/C23H25FN2O2.C23H32N2O2/c24-19-6-4-17(5-7-19)20-3-1-2-16-10-13-26(14-21(16)20)23(27)28-22-15-25-11-8-18(22)9-12-25;26-23(27-22-16-24-12-9-19(22)10-13-24)25-14-11-18-7-4-8-20(21(18)15-25)17-5-2-1-3-6-17/h1-7,18,22H,8-15H2;4,7-8,17,19,22H,1-3,5-6,9-16H2. The van der Waals surface area contributed by atoms with Gasteiger partial charge in [0.25, 0.3) is 0 Å². The van der Waals surface area contributed by atoms with Crippen molar-refractivity contribution >= 4 is 12.2 Å².